The van der Waals surface area contributed by atoms with Crippen LogP contribution in [0.15, 0.2) is 42.0 Å². The summed E-state index contributed by atoms with van der Waals surface area (Å²) in [6.07, 6.45) is 5.98. The first-order valence-electron chi connectivity index (χ1n) is 14.1. The van der Waals surface area contributed by atoms with E-state index in [9.17, 15) is 14.7 Å². The van der Waals surface area contributed by atoms with Gasteiger partial charge in [0.15, 0.2) is 6.29 Å². The molecule has 200 valence electrons. The Hall–Kier alpha value is -1.02. The third-order valence-electron chi connectivity index (χ3n) is 11.1. The van der Waals surface area contributed by atoms with Crippen molar-refractivity contribution in [1.82, 2.24) is 4.90 Å². The number of carboxylic acid groups (broad SMARTS) is 1. The van der Waals surface area contributed by atoms with E-state index in [1.807, 2.05) is 18.2 Å². The molecule has 4 aliphatic carbocycles. The van der Waals surface area contributed by atoms with E-state index in [0.717, 1.165) is 43.2 Å². The van der Waals surface area contributed by atoms with E-state index in [-0.39, 0.29) is 60.0 Å². The fourth-order valence-electron chi connectivity index (χ4n) is 9.68. The monoisotopic (exact) mass is 529 g/mol. The van der Waals surface area contributed by atoms with Gasteiger partial charge in [-0.25, -0.2) is 0 Å². The molecule has 4 bridgehead atoms. The number of carbonyl (C=O) groups is 2. The van der Waals surface area contributed by atoms with E-state index in [4.69, 9.17) is 9.47 Å². The number of benzene rings is 1. The normalized spacial score (nSPS) is 43.4. The van der Waals surface area contributed by atoms with Crippen molar-refractivity contribution in [3.8, 4) is 0 Å². The maximum absolute atomic E-state index is 13.5. The van der Waals surface area contributed by atoms with E-state index in [1.165, 1.54) is 0 Å². The van der Waals surface area contributed by atoms with Crippen LogP contribution < -0.4 is 34.7 Å². The van der Waals surface area contributed by atoms with Gasteiger partial charge in [0.05, 0.1) is 24.1 Å². The zero-order valence-electron chi connectivity index (χ0n) is 23.5. The molecule has 0 radical (unpaired) electrons. The standard InChI is InChI=1S/C31H41NO5.Na/c1-19(2)25-12-22-13-29(17-33)24-11-10-20(3)23(24)14-30(22,31(25,29)28(34)35)18-36-27-16-32(4)15-26(37-27)21-8-6-5-7-9-21;/h5-9,12,17,19-20,22-24,26-27H,10-11,13-16,18H2,1-4H3,(H,34,35);/q;+1/p-1/t20-,22+,23-,24-,26?,27-,29-,30+,31+;/m1./s1. The average molecular weight is 530 g/mol. The number of allylic oxidation sites excluding steroid dienone is 1. The molecule has 1 aromatic carbocycles. The van der Waals surface area contributed by atoms with Crippen LogP contribution in [0.2, 0.25) is 0 Å². The molecule has 6 nitrogen and oxygen atoms in total. The number of hydrogen-bond donors (Lipinski definition) is 0. The van der Waals surface area contributed by atoms with Crippen molar-refractivity contribution in [2.24, 2.45) is 45.8 Å². The van der Waals surface area contributed by atoms with Gasteiger partial charge in [-0.3, -0.25) is 4.90 Å². The number of likely N-dealkylation sites (N-methyl/N-ethyl adjacent to an activating group) is 1. The maximum atomic E-state index is 13.5. The molecule has 0 aromatic heterocycles. The van der Waals surface area contributed by atoms with Gasteiger partial charge in [0.1, 0.15) is 6.29 Å². The molecule has 0 N–H and O–H groups in total. The van der Waals surface area contributed by atoms with Crippen molar-refractivity contribution in [3.63, 3.8) is 0 Å². The third-order valence-corrected chi connectivity index (χ3v) is 11.1. The minimum Gasteiger partial charge on any atom is -0.549 e. The maximum Gasteiger partial charge on any atom is 1.00 e. The first kappa shape index (κ1) is 28.5. The van der Waals surface area contributed by atoms with E-state index >= 15 is 0 Å². The number of aldehydes is 1. The molecule has 0 amide bonds. The van der Waals surface area contributed by atoms with Crippen LogP contribution in [0, 0.1) is 45.8 Å². The van der Waals surface area contributed by atoms with Gasteiger partial charge >= 0.3 is 29.6 Å². The zero-order valence-corrected chi connectivity index (χ0v) is 25.5. The first-order valence-corrected chi connectivity index (χ1v) is 14.1. The molecule has 1 aromatic rings. The predicted octanol–water partition coefficient (Wildman–Crippen LogP) is 0.626. The van der Waals surface area contributed by atoms with Gasteiger partial charge in [-0.05, 0) is 61.5 Å². The van der Waals surface area contributed by atoms with E-state index in [0.29, 0.717) is 24.8 Å². The Balaban J connectivity index is 0.00000294. The molecule has 1 aliphatic heterocycles. The molecule has 9 atom stereocenters. The topological polar surface area (TPSA) is 78.9 Å². The van der Waals surface area contributed by atoms with Crippen molar-refractivity contribution in [2.75, 3.05) is 26.7 Å². The van der Waals surface area contributed by atoms with Gasteiger partial charge in [-0.1, -0.05) is 69.2 Å². The molecular weight excluding hydrogens is 489 g/mol. The molecule has 0 spiro atoms. The Morgan fingerprint density at radius 1 is 1.21 bits per heavy atom. The van der Waals surface area contributed by atoms with Crippen LogP contribution in [0.5, 0.6) is 0 Å². The Morgan fingerprint density at radius 3 is 2.61 bits per heavy atom. The van der Waals surface area contributed by atoms with Gasteiger partial charge in [0.2, 0.25) is 0 Å². The molecule has 1 unspecified atom stereocenters. The first-order chi connectivity index (χ1) is 17.7. The SMILES string of the molecule is CC(C)C1=C[C@H]2C[C@@]3(C=O)[C@@H]4CC[C@@H](C)[C@H]4C[C@@]2(CO[C@H]2CN(C)CC(c4ccccc4)O2)[C@]13C(=O)[O-].[Na+]. The summed E-state index contributed by atoms with van der Waals surface area (Å²) in [5, 5.41) is 13.5. The molecule has 6 rings (SSSR count). The molecular formula is C31H40NNaO5. The zero-order chi connectivity index (χ0) is 26.2. The number of fused-ring (bicyclic) bond motifs is 2. The number of rotatable bonds is 7. The van der Waals surface area contributed by atoms with Crippen LogP contribution in [0.4, 0.5) is 0 Å². The van der Waals surface area contributed by atoms with Gasteiger partial charge in [-0.2, -0.15) is 0 Å². The summed E-state index contributed by atoms with van der Waals surface area (Å²) in [5.74, 6) is -0.155. The van der Waals surface area contributed by atoms with E-state index < -0.39 is 28.5 Å². The smallest absolute Gasteiger partial charge is 0.549 e. The molecule has 3 saturated carbocycles. The van der Waals surface area contributed by atoms with Crippen molar-refractivity contribution >= 4 is 12.3 Å². The summed E-state index contributed by atoms with van der Waals surface area (Å²) in [6, 6.07) is 10.2. The van der Waals surface area contributed by atoms with E-state index in [2.05, 4.69) is 50.9 Å². The second-order valence-electron chi connectivity index (χ2n) is 13.0. The number of hydrogen-bond acceptors (Lipinski definition) is 6. The molecule has 4 fully saturated rings. The number of carboxylic acids is 1. The Kier molecular flexibility index (Phi) is 7.59. The molecule has 5 aliphatic rings. The van der Waals surface area contributed by atoms with Crippen LogP contribution >= 0.6 is 0 Å². The van der Waals surface area contributed by atoms with Crippen LogP contribution in [0.25, 0.3) is 0 Å². The second-order valence-corrected chi connectivity index (χ2v) is 13.0. The summed E-state index contributed by atoms with van der Waals surface area (Å²) in [7, 11) is 2.07. The van der Waals surface area contributed by atoms with Crippen molar-refractivity contribution < 1.29 is 53.7 Å². The van der Waals surface area contributed by atoms with Crippen LogP contribution in [-0.2, 0) is 19.1 Å². The van der Waals surface area contributed by atoms with Gasteiger partial charge in [0, 0.05) is 23.9 Å². The minimum atomic E-state index is -1.31. The Bertz CT molecular complexity index is 1110. The second kappa shape index (κ2) is 10.1. The molecule has 7 heteroatoms. The van der Waals surface area contributed by atoms with Crippen molar-refractivity contribution in [3.05, 3.63) is 47.5 Å². The quantitative estimate of drug-likeness (QED) is 0.293. The molecule has 1 saturated heterocycles. The van der Waals surface area contributed by atoms with Gasteiger partial charge in [0.25, 0.3) is 0 Å². The van der Waals surface area contributed by atoms with Crippen molar-refractivity contribution in [1.29, 1.82) is 0 Å². The Labute approximate surface area is 248 Å². The fraction of sp³-hybridized carbons (Fsp3) is 0.677. The Morgan fingerprint density at radius 2 is 1.95 bits per heavy atom. The fourth-order valence-corrected chi connectivity index (χ4v) is 9.68. The number of aliphatic carboxylic acids is 1. The van der Waals surface area contributed by atoms with Crippen LogP contribution in [0.3, 0.4) is 0 Å². The summed E-state index contributed by atoms with van der Waals surface area (Å²) >= 11 is 0. The minimum absolute atomic E-state index is 0. The largest absolute Gasteiger partial charge is 1.00 e. The van der Waals surface area contributed by atoms with E-state index in [1.54, 1.807) is 0 Å². The van der Waals surface area contributed by atoms with Crippen LogP contribution in [-0.4, -0.2) is 50.2 Å². The van der Waals surface area contributed by atoms with Crippen molar-refractivity contribution in [2.45, 2.75) is 58.8 Å². The number of carbonyl (C=O) groups excluding carboxylic acids is 2. The summed E-state index contributed by atoms with van der Waals surface area (Å²) in [4.78, 5) is 28.9. The van der Waals surface area contributed by atoms with Crippen LogP contribution in [0.1, 0.15) is 58.1 Å². The summed E-state index contributed by atoms with van der Waals surface area (Å²) < 4.78 is 13.1. The number of ether oxygens (including phenoxy) is 2. The van der Waals surface area contributed by atoms with Gasteiger partial charge < -0.3 is 24.2 Å². The van der Waals surface area contributed by atoms with Gasteiger partial charge in [-0.15, -0.1) is 0 Å². The summed E-state index contributed by atoms with van der Waals surface area (Å²) in [5.41, 5.74) is -0.921. The predicted molar refractivity (Wildman–Crippen MR) is 137 cm³/mol. The third kappa shape index (κ3) is 3.66. The molecule has 38 heavy (non-hydrogen) atoms. The summed E-state index contributed by atoms with van der Waals surface area (Å²) in [6.45, 7) is 8.04. The number of morpholine rings is 1. The average Bonchev–Trinajstić information content (AvgIpc) is 3.45. The number of nitrogens with zero attached hydrogens (tertiary/aromatic N) is 1. The molecule has 1 heterocycles.